The van der Waals surface area contributed by atoms with E-state index < -0.39 is 0 Å². The van der Waals surface area contributed by atoms with E-state index in [1.165, 1.54) is 16.7 Å². The van der Waals surface area contributed by atoms with Crippen LogP contribution in [0.4, 0.5) is 0 Å². The molecule has 1 atom stereocenters. The van der Waals surface area contributed by atoms with Crippen molar-refractivity contribution in [2.24, 2.45) is 11.1 Å². The van der Waals surface area contributed by atoms with Crippen LogP contribution < -0.4 is 5.73 Å². The fraction of sp³-hybridized carbons (Fsp3) is 0.500. The zero-order chi connectivity index (χ0) is 14.9. The van der Waals surface area contributed by atoms with Crippen LogP contribution in [0.25, 0.3) is 0 Å². The predicted octanol–water partition coefficient (Wildman–Crippen LogP) is 3.32. The Bertz CT molecular complexity index is 596. The summed E-state index contributed by atoms with van der Waals surface area (Å²) in [5, 5.41) is 4.01. The first-order valence-corrected chi connectivity index (χ1v) is 6.91. The predicted molar refractivity (Wildman–Crippen MR) is 79.4 cm³/mol. The van der Waals surface area contributed by atoms with Gasteiger partial charge in [0.15, 0.2) is 5.82 Å². The average molecular weight is 273 g/mol. The fourth-order valence-corrected chi connectivity index (χ4v) is 1.94. The van der Waals surface area contributed by atoms with E-state index in [0.29, 0.717) is 18.1 Å². The molecular weight excluding hydrogens is 250 g/mol. The average Bonchev–Trinajstić information content (AvgIpc) is 2.80. The van der Waals surface area contributed by atoms with Crippen molar-refractivity contribution >= 4 is 0 Å². The van der Waals surface area contributed by atoms with Gasteiger partial charge in [-0.1, -0.05) is 44.1 Å². The van der Waals surface area contributed by atoms with E-state index in [0.717, 1.165) is 0 Å². The molecule has 0 aliphatic heterocycles. The highest BCUT2D eigenvalue weighted by atomic mass is 16.5. The number of hydrogen-bond acceptors (Lipinski definition) is 4. The molecule has 1 unspecified atom stereocenters. The Hall–Kier alpha value is -1.68. The molecule has 2 aromatic rings. The molecule has 1 aromatic carbocycles. The Morgan fingerprint density at radius 2 is 1.90 bits per heavy atom. The zero-order valence-electron chi connectivity index (χ0n) is 12.9. The van der Waals surface area contributed by atoms with Gasteiger partial charge in [0, 0.05) is 0 Å². The molecule has 2 N–H and O–H groups in total. The largest absolute Gasteiger partial charge is 0.339 e. The minimum Gasteiger partial charge on any atom is -0.339 e. The highest BCUT2D eigenvalue weighted by Crippen LogP contribution is 2.28. The minimum absolute atomic E-state index is 0.0818. The van der Waals surface area contributed by atoms with Crippen molar-refractivity contribution < 1.29 is 4.52 Å². The van der Waals surface area contributed by atoms with E-state index in [2.05, 4.69) is 63.0 Å². The maximum absolute atomic E-state index is 6.14. The number of aryl methyl sites for hydroxylation is 2. The lowest BCUT2D eigenvalue weighted by atomic mass is 9.87. The van der Waals surface area contributed by atoms with Crippen molar-refractivity contribution in [3.8, 4) is 0 Å². The summed E-state index contributed by atoms with van der Waals surface area (Å²) in [5.41, 5.74) is 9.79. The van der Waals surface area contributed by atoms with Crippen molar-refractivity contribution in [3.63, 3.8) is 0 Å². The second-order valence-corrected chi connectivity index (χ2v) is 6.49. The van der Waals surface area contributed by atoms with E-state index in [1.807, 2.05) is 0 Å². The summed E-state index contributed by atoms with van der Waals surface area (Å²) in [4.78, 5) is 4.42. The molecule has 108 valence electrons. The van der Waals surface area contributed by atoms with Gasteiger partial charge in [-0.3, -0.25) is 0 Å². The van der Waals surface area contributed by atoms with Gasteiger partial charge in [0.25, 0.3) is 0 Å². The quantitative estimate of drug-likeness (QED) is 0.931. The third-order valence-electron chi connectivity index (χ3n) is 3.62. The number of nitrogens with zero attached hydrogens (tertiary/aromatic N) is 2. The standard InChI is InChI=1S/C16H23N3O/c1-10-6-7-12(8-11(10)2)9-13-18-15(19-20-13)14(17)16(3,4)5/h6-8,14H,9,17H2,1-5H3. The van der Waals surface area contributed by atoms with Crippen molar-refractivity contribution in [1.82, 2.24) is 10.1 Å². The third kappa shape index (κ3) is 3.25. The summed E-state index contributed by atoms with van der Waals surface area (Å²) in [6, 6.07) is 6.14. The topological polar surface area (TPSA) is 64.9 Å². The monoisotopic (exact) mass is 273 g/mol. The molecule has 2 rings (SSSR count). The van der Waals surface area contributed by atoms with Crippen LogP contribution in [0.3, 0.4) is 0 Å². The molecule has 0 radical (unpaired) electrons. The maximum Gasteiger partial charge on any atom is 0.231 e. The van der Waals surface area contributed by atoms with Crippen molar-refractivity contribution in [3.05, 3.63) is 46.6 Å². The van der Waals surface area contributed by atoms with Crippen LogP contribution in [0.15, 0.2) is 22.7 Å². The van der Waals surface area contributed by atoms with Crippen molar-refractivity contribution in [2.45, 2.75) is 47.1 Å². The molecule has 1 aromatic heterocycles. The molecule has 0 fully saturated rings. The van der Waals surface area contributed by atoms with Gasteiger partial charge in [0.1, 0.15) is 0 Å². The summed E-state index contributed by atoms with van der Waals surface area (Å²) in [7, 11) is 0. The lowest BCUT2D eigenvalue weighted by Crippen LogP contribution is -2.27. The van der Waals surface area contributed by atoms with Crippen LogP contribution in [-0.4, -0.2) is 10.1 Å². The number of rotatable bonds is 3. The number of hydrogen-bond donors (Lipinski definition) is 1. The Morgan fingerprint density at radius 3 is 2.50 bits per heavy atom. The lowest BCUT2D eigenvalue weighted by molar-refractivity contribution is 0.301. The van der Waals surface area contributed by atoms with Crippen LogP contribution in [0.5, 0.6) is 0 Å². The summed E-state index contributed by atoms with van der Waals surface area (Å²) in [6.45, 7) is 10.4. The van der Waals surface area contributed by atoms with Gasteiger partial charge in [-0.2, -0.15) is 4.98 Å². The first-order chi connectivity index (χ1) is 9.27. The van der Waals surface area contributed by atoms with Gasteiger partial charge in [-0.25, -0.2) is 0 Å². The molecule has 0 saturated carbocycles. The van der Waals surface area contributed by atoms with E-state index in [4.69, 9.17) is 10.3 Å². The Morgan fingerprint density at radius 1 is 1.20 bits per heavy atom. The normalized spacial score (nSPS) is 13.5. The van der Waals surface area contributed by atoms with Crippen LogP contribution in [0.2, 0.25) is 0 Å². The molecule has 0 bridgehead atoms. The van der Waals surface area contributed by atoms with Gasteiger partial charge in [0.2, 0.25) is 5.89 Å². The van der Waals surface area contributed by atoms with Crippen molar-refractivity contribution in [1.29, 1.82) is 0 Å². The Labute approximate surface area is 120 Å². The van der Waals surface area contributed by atoms with Gasteiger partial charge in [0.05, 0.1) is 12.5 Å². The number of aromatic nitrogens is 2. The van der Waals surface area contributed by atoms with Crippen LogP contribution in [0.1, 0.15) is 55.2 Å². The van der Waals surface area contributed by atoms with Gasteiger partial charge in [-0.15, -0.1) is 0 Å². The van der Waals surface area contributed by atoms with Gasteiger partial charge in [-0.05, 0) is 36.0 Å². The summed E-state index contributed by atoms with van der Waals surface area (Å²) in [5.74, 6) is 1.19. The maximum atomic E-state index is 6.14. The van der Waals surface area contributed by atoms with Crippen LogP contribution in [-0.2, 0) is 6.42 Å². The molecule has 1 heterocycles. The van der Waals surface area contributed by atoms with Crippen LogP contribution >= 0.6 is 0 Å². The first kappa shape index (κ1) is 14.7. The smallest absolute Gasteiger partial charge is 0.231 e. The summed E-state index contributed by atoms with van der Waals surface area (Å²) in [6.07, 6.45) is 0.644. The zero-order valence-corrected chi connectivity index (χ0v) is 12.9. The van der Waals surface area contributed by atoms with Gasteiger partial charge < -0.3 is 10.3 Å². The molecule has 20 heavy (non-hydrogen) atoms. The highest BCUT2D eigenvalue weighted by molar-refractivity contribution is 5.31. The number of nitrogens with two attached hydrogens (primary N) is 1. The molecular formula is C16H23N3O. The Kier molecular flexibility index (Phi) is 3.95. The van der Waals surface area contributed by atoms with E-state index in [1.54, 1.807) is 0 Å². The Balaban J connectivity index is 2.15. The van der Waals surface area contributed by atoms with Gasteiger partial charge >= 0.3 is 0 Å². The lowest BCUT2D eigenvalue weighted by Gasteiger charge is -2.23. The minimum atomic E-state index is -0.222. The van der Waals surface area contributed by atoms with Crippen molar-refractivity contribution in [2.75, 3.05) is 0 Å². The molecule has 0 amide bonds. The molecule has 0 spiro atoms. The first-order valence-electron chi connectivity index (χ1n) is 6.91. The summed E-state index contributed by atoms with van der Waals surface area (Å²) >= 11 is 0. The summed E-state index contributed by atoms with van der Waals surface area (Å²) < 4.78 is 5.31. The van der Waals surface area contributed by atoms with E-state index in [9.17, 15) is 0 Å². The number of benzene rings is 1. The third-order valence-corrected chi connectivity index (χ3v) is 3.62. The second kappa shape index (κ2) is 5.37. The SMILES string of the molecule is Cc1ccc(Cc2nc(C(N)C(C)(C)C)no2)cc1C. The van der Waals surface area contributed by atoms with E-state index in [-0.39, 0.29) is 11.5 Å². The highest BCUT2D eigenvalue weighted by Gasteiger charge is 2.26. The molecule has 0 saturated heterocycles. The molecule has 0 aliphatic carbocycles. The molecule has 4 nitrogen and oxygen atoms in total. The van der Waals surface area contributed by atoms with Crippen LogP contribution in [0, 0.1) is 19.3 Å². The fourth-order valence-electron chi connectivity index (χ4n) is 1.94. The molecule has 0 aliphatic rings. The van der Waals surface area contributed by atoms with E-state index >= 15 is 0 Å². The second-order valence-electron chi connectivity index (χ2n) is 6.49. The molecule has 4 heteroatoms.